The van der Waals surface area contributed by atoms with Crippen molar-refractivity contribution >= 4 is 27.7 Å². The van der Waals surface area contributed by atoms with E-state index in [1.807, 2.05) is 0 Å². The molecule has 2 aliphatic rings. The number of sulfone groups is 1. The number of nitrogens with one attached hydrogen (secondary N) is 2. The highest BCUT2D eigenvalue weighted by molar-refractivity contribution is 7.93. The maximum Gasteiger partial charge on any atom is 0.343 e. The van der Waals surface area contributed by atoms with Crippen molar-refractivity contribution in [1.82, 2.24) is 10.8 Å². The molecule has 1 spiro atoms. The molecule has 1 saturated carbocycles. The van der Waals surface area contributed by atoms with Gasteiger partial charge >= 0.3 is 11.9 Å². The van der Waals surface area contributed by atoms with Gasteiger partial charge < -0.3 is 15.2 Å². The first-order valence-electron chi connectivity index (χ1n) is 11.2. The van der Waals surface area contributed by atoms with Crippen molar-refractivity contribution in [1.29, 1.82) is 0 Å². The third kappa shape index (κ3) is 4.54. The first-order valence-corrected chi connectivity index (χ1v) is 12.7. The van der Waals surface area contributed by atoms with E-state index in [-0.39, 0.29) is 40.0 Å². The van der Waals surface area contributed by atoms with Crippen molar-refractivity contribution < 1.29 is 37.9 Å². The highest BCUT2D eigenvalue weighted by atomic mass is 32.2. The Morgan fingerprint density at radius 3 is 2.06 bits per heavy atom. The molecule has 10 nitrogen and oxygen atoms in total. The molecule has 0 bridgehead atoms. The number of aromatic carboxylic acids is 1. The van der Waals surface area contributed by atoms with Crippen LogP contribution in [0.3, 0.4) is 0 Å². The Labute approximate surface area is 202 Å². The monoisotopic (exact) mass is 502 g/mol. The van der Waals surface area contributed by atoms with E-state index >= 15 is 0 Å². The highest BCUT2D eigenvalue weighted by Gasteiger charge is 2.60. The summed E-state index contributed by atoms with van der Waals surface area (Å²) in [5, 5.41) is 21.6. The van der Waals surface area contributed by atoms with Crippen LogP contribution in [0.2, 0.25) is 0 Å². The number of benzene rings is 2. The molecule has 4 rings (SSSR count). The van der Waals surface area contributed by atoms with Gasteiger partial charge in [0.2, 0.25) is 0 Å². The molecular formula is C24H26N2O8S. The van der Waals surface area contributed by atoms with Gasteiger partial charge in [-0.1, -0.05) is 0 Å². The number of piperidine rings is 1. The Kier molecular flexibility index (Phi) is 6.67. The topological polar surface area (TPSA) is 159 Å². The summed E-state index contributed by atoms with van der Waals surface area (Å²) in [6.45, 7) is 1.49. The summed E-state index contributed by atoms with van der Waals surface area (Å²) in [4.78, 5) is 36.0. The molecule has 1 aliphatic heterocycles. The van der Waals surface area contributed by atoms with Gasteiger partial charge in [-0.25, -0.2) is 23.5 Å². The third-order valence-corrected chi connectivity index (χ3v) is 9.58. The second kappa shape index (κ2) is 9.40. The zero-order chi connectivity index (χ0) is 25.3. The number of hydroxylamine groups is 1. The fourth-order valence-corrected chi connectivity index (χ4v) is 7.21. The average Bonchev–Trinajstić information content (AvgIpc) is 3.24. The van der Waals surface area contributed by atoms with Gasteiger partial charge in [-0.2, -0.15) is 0 Å². The van der Waals surface area contributed by atoms with E-state index in [9.17, 15) is 28.0 Å². The quantitative estimate of drug-likeness (QED) is 0.201. The first kappa shape index (κ1) is 24.8. The number of carbonyl (C=O) groups is 3. The Bertz CT molecular complexity index is 1240. The Morgan fingerprint density at radius 1 is 0.886 bits per heavy atom. The molecule has 0 aromatic heterocycles. The van der Waals surface area contributed by atoms with Crippen LogP contribution >= 0.6 is 0 Å². The Morgan fingerprint density at radius 2 is 1.49 bits per heavy atom. The summed E-state index contributed by atoms with van der Waals surface area (Å²) in [5.74, 6) is -2.72. The summed E-state index contributed by atoms with van der Waals surface area (Å²) in [5.41, 5.74) is 1.44. The minimum Gasteiger partial charge on any atom is -0.478 e. The molecule has 2 aromatic rings. The fraction of sp³-hybridized carbons (Fsp3) is 0.375. The van der Waals surface area contributed by atoms with Crippen LogP contribution in [-0.4, -0.2) is 54.4 Å². The van der Waals surface area contributed by atoms with Gasteiger partial charge in [-0.05, 0) is 99.1 Å². The summed E-state index contributed by atoms with van der Waals surface area (Å²) < 4.78 is 30.8. The lowest BCUT2D eigenvalue weighted by atomic mass is 9.77. The molecule has 0 radical (unpaired) electrons. The van der Waals surface area contributed by atoms with E-state index in [1.165, 1.54) is 48.5 Å². The molecule has 35 heavy (non-hydrogen) atoms. The van der Waals surface area contributed by atoms with Crippen molar-refractivity contribution in [3.8, 4) is 5.75 Å². The van der Waals surface area contributed by atoms with E-state index in [1.54, 1.807) is 5.48 Å². The van der Waals surface area contributed by atoms with Gasteiger partial charge in [-0.15, -0.1) is 0 Å². The van der Waals surface area contributed by atoms with Crippen LogP contribution in [0.1, 0.15) is 52.8 Å². The number of esters is 1. The minimum absolute atomic E-state index is 0.0233. The van der Waals surface area contributed by atoms with Gasteiger partial charge in [0.25, 0.3) is 5.91 Å². The van der Waals surface area contributed by atoms with Gasteiger partial charge in [0.1, 0.15) is 5.75 Å². The maximum atomic E-state index is 13.7. The summed E-state index contributed by atoms with van der Waals surface area (Å²) in [6, 6.07) is 10.4. The first-order chi connectivity index (χ1) is 16.6. The summed E-state index contributed by atoms with van der Waals surface area (Å²) in [7, 11) is -4.19. The second-order valence-electron chi connectivity index (χ2n) is 9.11. The molecule has 11 heteroatoms. The molecule has 1 saturated heterocycles. The molecule has 1 atom stereocenters. The molecule has 2 fully saturated rings. The molecule has 1 aliphatic carbocycles. The lowest BCUT2D eigenvalue weighted by molar-refractivity contribution is -0.132. The van der Waals surface area contributed by atoms with E-state index in [4.69, 9.17) is 9.84 Å². The predicted molar refractivity (Wildman–Crippen MR) is 123 cm³/mol. The summed E-state index contributed by atoms with van der Waals surface area (Å²) >= 11 is 0. The normalized spacial score (nSPS) is 21.4. The predicted octanol–water partition coefficient (Wildman–Crippen LogP) is 2.18. The number of hydrogen-bond donors (Lipinski definition) is 4. The largest absolute Gasteiger partial charge is 0.478 e. The Balaban J connectivity index is 1.55. The highest BCUT2D eigenvalue weighted by Crippen LogP contribution is 2.54. The second-order valence-corrected chi connectivity index (χ2v) is 11.4. The van der Waals surface area contributed by atoms with E-state index in [0.29, 0.717) is 6.42 Å². The van der Waals surface area contributed by atoms with E-state index < -0.39 is 32.4 Å². The standard InChI is InChI=1S/C24H26N2O8S/c27-20(28)16-1-3-17(4-2-16)21(29)34-18-5-7-19(8-6-18)35(32,33)24(22(30)26-31)10-9-23(15-24)11-13-25-14-12-23/h1-8,25,31H,9-15H2,(H,26,30)(H,27,28). The number of ether oxygens (including phenoxy) is 1. The number of carboxylic acids is 1. The van der Waals surface area contributed by atoms with Crippen molar-refractivity contribution in [2.24, 2.45) is 5.41 Å². The number of carbonyl (C=O) groups excluding carboxylic acids is 2. The van der Waals surface area contributed by atoms with E-state index in [0.717, 1.165) is 25.9 Å². The van der Waals surface area contributed by atoms with Crippen molar-refractivity contribution in [2.45, 2.75) is 41.7 Å². The number of hydrogen-bond acceptors (Lipinski definition) is 8. The van der Waals surface area contributed by atoms with Crippen LogP contribution in [0.4, 0.5) is 0 Å². The third-order valence-electron chi connectivity index (χ3n) is 7.13. The summed E-state index contributed by atoms with van der Waals surface area (Å²) in [6.07, 6.45) is 2.30. The van der Waals surface area contributed by atoms with Gasteiger partial charge in [-0.3, -0.25) is 10.0 Å². The maximum absolute atomic E-state index is 13.7. The lowest BCUT2D eigenvalue weighted by Gasteiger charge is -2.36. The molecular weight excluding hydrogens is 476 g/mol. The molecule has 1 unspecified atom stereocenters. The van der Waals surface area contributed by atoms with Gasteiger partial charge in [0, 0.05) is 0 Å². The zero-order valence-electron chi connectivity index (χ0n) is 18.8. The SMILES string of the molecule is O=C(O)c1ccc(C(=O)Oc2ccc(S(=O)(=O)C3(C(=O)NO)CCC4(CCNCC4)C3)cc2)cc1. The van der Waals surface area contributed by atoms with Crippen molar-refractivity contribution in [2.75, 3.05) is 13.1 Å². The molecule has 4 N–H and O–H groups in total. The number of rotatable bonds is 6. The smallest absolute Gasteiger partial charge is 0.343 e. The molecule has 186 valence electrons. The van der Waals surface area contributed by atoms with E-state index in [2.05, 4.69) is 5.32 Å². The van der Waals surface area contributed by atoms with Crippen LogP contribution in [0.25, 0.3) is 0 Å². The van der Waals surface area contributed by atoms with Crippen molar-refractivity contribution in [3.05, 3.63) is 59.7 Å². The van der Waals surface area contributed by atoms with Gasteiger partial charge in [0.15, 0.2) is 14.6 Å². The Hall–Kier alpha value is -3.28. The van der Waals surface area contributed by atoms with Crippen LogP contribution in [0, 0.1) is 5.41 Å². The lowest BCUT2D eigenvalue weighted by Crippen LogP contribution is -2.51. The number of amides is 1. The minimum atomic E-state index is -4.19. The van der Waals surface area contributed by atoms with Crippen LogP contribution in [0.5, 0.6) is 5.75 Å². The number of carboxylic acid groups (broad SMARTS) is 1. The van der Waals surface area contributed by atoms with Gasteiger partial charge in [0.05, 0.1) is 16.0 Å². The molecule has 1 heterocycles. The van der Waals surface area contributed by atoms with Crippen LogP contribution < -0.4 is 15.5 Å². The van der Waals surface area contributed by atoms with Crippen LogP contribution in [0.15, 0.2) is 53.4 Å². The molecule has 2 aromatic carbocycles. The van der Waals surface area contributed by atoms with Crippen LogP contribution in [-0.2, 0) is 14.6 Å². The fourth-order valence-electron chi connectivity index (χ4n) is 5.11. The van der Waals surface area contributed by atoms with Crippen molar-refractivity contribution in [3.63, 3.8) is 0 Å². The zero-order valence-corrected chi connectivity index (χ0v) is 19.6. The average molecular weight is 503 g/mol. The molecule has 1 amide bonds.